The molecule has 0 spiro atoms. The van der Waals surface area contributed by atoms with Crippen LogP contribution in [0.4, 0.5) is 23.2 Å². The quantitative estimate of drug-likeness (QED) is 0.666. The van der Waals surface area contributed by atoms with Gasteiger partial charge in [-0.2, -0.15) is 13.2 Å². The third-order valence-electron chi connectivity index (χ3n) is 3.75. The van der Waals surface area contributed by atoms with Gasteiger partial charge < -0.3 is 5.32 Å². The maximum atomic E-state index is 13.3. The van der Waals surface area contributed by atoms with E-state index in [9.17, 15) is 22.4 Å². The Kier molecular flexibility index (Phi) is 4.16. The van der Waals surface area contributed by atoms with E-state index in [1.807, 2.05) is 6.92 Å². The second-order valence-electron chi connectivity index (χ2n) is 5.48. The van der Waals surface area contributed by atoms with Crippen LogP contribution in [0.5, 0.6) is 0 Å². The van der Waals surface area contributed by atoms with Gasteiger partial charge in [-0.3, -0.25) is 9.78 Å². The average Bonchev–Trinajstić information content (AvgIpc) is 2.57. The third kappa shape index (κ3) is 3.31. The molecule has 0 fully saturated rings. The second-order valence-corrected chi connectivity index (χ2v) is 5.48. The number of anilines is 1. The number of pyridine rings is 1. The van der Waals surface area contributed by atoms with Gasteiger partial charge in [-0.1, -0.05) is 6.07 Å². The summed E-state index contributed by atoms with van der Waals surface area (Å²) in [6.07, 6.45) is -3.27. The number of carbonyl (C=O) groups is 1. The number of amides is 1. The van der Waals surface area contributed by atoms with Crippen LogP contribution in [0.25, 0.3) is 10.9 Å². The Morgan fingerprint density at radius 1 is 1.12 bits per heavy atom. The highest BCUT2D eigenvalue weighted by atomic mass is 19.4. The fraction of sp³-hybridized carbons (Fsp3) is 0.111. The van der Waals surface area contributed by atoms with E-state index >= 15 is 0 Å². The molecular formula is C18H12F4N2O. The van der Waals surface area contributed by atoms with Gasteiger partial charge in [-0.25, -0.2) is 4.39 Å². The van der Waals surface area contributed by atoms with Crippen LogP contribution in [0.1, 0.15) is 21.5 Å². The summed E-state index contributed by atoms with van der Waals surface area (Å²) in [7, 11) is 0. The van der Waals surface area contributed by atoms with Crippen molar-refractivity contribution in [3.05, 3.63) is 71.2 Å². The molecule has 128 valence electrons. The lowest BCUT2D eigenvalue weighted by molar-refractivity contribution is -0.140. The number of halogens is 4. The Bertz CT molecular complexity index is 967. The molecule has 3 rings (SSSR count). The molecule has 25 heavy (non-hydrogen) atoms. The van der Waals surface area contributed by atoms with Gasteiger partial charge in [-0.15, -0.1) is 0 Å². The van der Waals surface area contributed by atoms with Crippen LogP contribution in [0, 0.1) is 12.7 Å². The van der Waals surface area contributed by atoms with Crippen molar-refractivity contribution in [2.45, 2.75) is 13.1 Å². The standard InChI is InChI=1S/C18H12F4N2O/c1-10-4-7-15(12-3-2-8-23-16(10)12)24-17(25)11-5-6-14(19)13(9-11)18(20,21)22/h2-9H,1H3,(H,24,25). The van der Waals surface area contributed by atoms with Crippen LogP contribution >= 0.6 is 0 Å². The van der Waals surface area contributed by atoms with E-state index in [0.29, 0.717) is 28.7 Å². The number of rotatable bonds is 2. The van der Waals surface area contributed by atoms with Gasteiger partial charge in [0.2, 0.25) is 0 Å². The van der Waals surface area contributed by atoms with Crippen LogP contribution in [-0.2, 0) is 6.18 Å². The molecule has 0 bridgehead atoms. The van der Waals surface area contributed by atoms with E-state index in [2.05, 4.69) is 10.3 Å². The van der Waals surface area contributed by atoms with Crippen LogP contribution in [0.2, 0.25) is 0 Å². The number of aryl methyl sites for hydroxylation is 1. The second kappa shape index (κ2) is 6.16. The first kappa shape index (κ1) is 16.9. The number of nitrogens with zero attached hydrogens (tertiary/aromatic N) is 1. The SMILES string of the molecule is Cc1ccc(NC(=O)c2ccc(F)c(C(F)(F)F)c2)c2cccnc12. The van der Waals surface area contributed by atoms with Gasteiger partial charge in [0.15, 0.2) is 0 Å². The first-order valence-corrected chi connectivity index (χ1v) is 7.30. The summed E-state index contributed by atoms with van der Waals surface area (Å²) in [5.41, 5.74) is 0.226. The molecule has 1 heterocycles. The first-order valence-electron chi connectivity index (χ1n) is 7.30. The van der Waals surface area contributed by atoms with Crippen LogP contribution in [0.3, 0.4) is 0 Å². The topological polar surface area (TPSA) is 42.0 Å². The summed E-state index contributed by atoms with van der Waals surface area (Å²) in [6.45, 7) is 1.86. The van der Waals surface area contributed by atoms with Crippen LogP contribution < -0.4 is 5.32 Å². The van der Waals surface area contributed by atoms with Crippen molar-refractivity contribution in [2.24, 2.45) is 0 Å². The molecule has 3 nitrogen and oxygen atoms in total. The lowest BCUT2D eigenvalue weighted by atomic mass is 10.1. The van der Waals surface area contributed by atoms with Crippen molar-refractivity contribution >= 4 is 22.5 Å². The Hall–Kier alpha value is -2.96. The Labute approximate surface area is 140 Å². The fourth-order valence-corrected chi connectivity index (χ4v) is 2.50. The Morgan fingerprint density at radius 3 is 2.60 bits per heavy atom. The van der Waals surface area contributed by atoms with Gasteiger partial charge >= 0.3 is 6.18 Å². The van der Waals surface area contributed by atoms with Gasteiger partial charge in [-0.05, 0) is 48.9 Å². The predicted octanol–water partition coefficient (Wildman–Crippen LogP) is 4.95. The normalized spacial score (nSPS) is 11.6. The maximum absolute atomic E-state index is 13.3. The van der Waals surface area contributed by atoms with Gasteiger partial charge in [0.1, 0.15) is 5.82 Å². The summed E-state index contributed by atoms with van der Waals surface area (Å²) in [5, 5.41) is 3.22. The molecule has 2 aromatic carbocycles. The molecule has 0 atom stereocenters. The summed E-state index contributed by atoms with van der Waals surface area (Å²) in [6, 6.07) is 8.97. The molecule has 0 aliphatic heterocycles. The monoisotopic (exact) mass is 348 g/mol. The molecule has 1 aromatic heterocycles. The largest absolute Gasteiger partial charge is 0.419 e. The van der Waals surface area contributed by atoms with E-state index in [-0.39, 0.29) is 5.56 Å². The highest BCUT2D eigenvalue weighted by Crippen LogP contribution is 2.32. The minimum absolute atomic E-state index is 0.286. The number of hydrogen-bond acceptors (Lipinski definition) is 2. The number of aromatic nitrogens is 1. The van der Waals surface area contributed by atoms with Crippen molar-refractivity contribution < 1.29 is 22.4 Å². The minimum Gasteiger partial charge on any atom is -0.321 e. The molecule has 0 unspecified atom stereocenters. The molecule has 0 saturated carbocycles. The zero-order valence-corrected chi connectivity index (χ0v) is 13.0. The zero-order valence-electron chi connectivity index (χ0n) is 13.0. The average molecular weight is 348 g/mol. The van der Waals surface area contributed by atoms with E-state index in [1.54, 1.807) is 30.5 Å². The molecule has 0 radical (unpaired) electrons. The minimum atomic E-state index is -4.87. The molecule has 1 amide bonds. The van der Waals surface area contributed by atoms with Crippen molar-refractivity contribution in [3.63, 3.8) is 0 Å². The molecule has 0 aliphatic rings. The van der Waals surface area contributed by atoms with Gasteiger partial charge in [0.05, 0.1) is 16.8 Å². The third-order valence-corrected chi connectivity index (χ3v) is 3.75. The van der Waals surface area contributed by atoms with Gasteiger partial charge in [0.25, 0.3) is 5.91 Å². The lowest BCUT2D eigenvalue weighted by Gasteiger charge is -2.12. The summed E-state index contributed by atoms with van der Waals surface area (Å²) in [4.78, 5) is 16.5. The number of carbonyl (C=O) groups excluding carboxylic acids is 1. The van der Waals surface area contributed by atoms with E-state index < -0.39 is 23.5 Å². The smallest absolute Gasteiger partial charge is 0.321 e. The fourth-order valence-electron chi connectivity index (χ4n) is 2.50. The number of fused-ring (bicyclic) bond motifs is 1. The van der Waals surface area contributed by atoms with E-state index in [1.165, 1.54) is 0 Å². The Morgan fingerprint density at radius 2 is 1.88 bits per heavy atom. The predicted molar refractivity (Wildman–Crippen MR) is 85.8 cm³/mol. The van der Waals surface area contributed by atoms with Crippen LogP contribution in [0.15, 0.2) is 48.7 Å². The van der Waals surface area contributed by atoms with Gasteiger partial charge in [0, 0.05) is 17.1 Å². The zero-order chi connectivity index (χ0) is 18.2. The summed E-state index contributed by atoms with van der Waals surface area (Å²) < 4.78 is 51.7. The highest BCUT2D eigenvalue weighted by Gasteiger charge is 2.34. The number of hydrogen-bond donors (Lipinski definition) is 1. The number of alkyl halides is 3. The Balaban J connectivity index is 1.98. The maximum Gasteiger partial charge on any atom is 0.419 e. The molecule has 1 N–H and O–H groups in total. The molecular weight excluding hydrogens is 336 g/mol. The molecule has 3 aromatic rings. The van der Waals surface area contributed by atoms with Crippen molar-refractivity contribution in [1.29, 1.82) is 0 Å². The van der Waals surface area contributed by atoms with E-state index in [4.69, 9.17) is 0 Å². The lowest BCUT2D eigenvalue weighted by Crippen LogP contribution is -2.15. The summed E-state index contributed by atoms with van der Waals surface area (Å²) >= 11 is 0. The van der Waals surface area contributed by atoms with Crippen molar-refractivity contribution in [1.82, 2.24) is 4.98 Å². The molecule has 0 aliphatic carbocycles. The molecule has 7 heteroatoms. The van der Waals surface area contributed by atoms with E-state index in [0.717, 1.165) is 11.6 Å². The molecule has 0 saturated heterocycles. The van der Waals surface area contributed by atoms with Crippen molar-refractivity contribution in [2.75, 3.05) is 5.32 Å². The first-order chi connectivity index (χ1) is 11.8. The number of nitrogens with one attached hydrogen (secondary N) is 1. The summed E-state index contributed by atoms with van der Waals surface area (Å²) in [5.74, 6) is -2.19. The van der Waals surface area contributed by atoms with Crippen LogP contribution in [-0.4, -0.2) is 10.9 Å². The van der Waals surface area contributed by atoms with Crippen molar-refractivity contribution in [3.8, 4) is 0 Å². The highest BCUT2D eigenvalue weighted by molar-refractivity contribution is 6.09. The number of benzene rings is 2.